The first kappa shape index (κ1) is 13.8. The number of hydrogen-bond acceptors (Lipinski definition) is 3. The van der Waals surface area contributed by atoms with Gasteiger partial charge in [0.15, 0.2) is 0 Å². The Labute approximate surface area is 133 Å². The molecule has 4 rings (SSSR count). The van der Waals surface area contributed by atoms with Crippen molar-refractivity contribution in [3.05, 3.63) is 54.1 Å². The minimum atomic E-state index is 0.0184. The number of imidazole rings is 1. The van der Waals surface area contributed by atoms with Crippen LogP contribution in [0.25, 0.3) is 11.0 Å². The van der Waals surface area contributed by atoms with Crippen LogP contribution in [0.5, 0.6) is 5.75 Å². The maximum Gasteiger partial charge on any atom is 0.230 e. The van der Waals surface area contributed by atoms with Crippen molar-refractivity contribution in [3.63, 3.8) is 0 Å². The van der Waals surface area contributed by atoms with Gasteiger partial charge < -0.3 is 9.72 Å². The summed E-state index contributed by atoms with van der Waals surface area (Å²) in [5.41, 5.74) is 2.87. The average Bonchev–Trinajstić information content (AvgIpc) is 3.29. The first-order chi connectivity index (χ1) is 11.2. The van der Waals surface area contributed by atoms with E-state index in [9.17, 15) is 4.79 Å². The Kier molecular flexibility index (Phi) is 3.26. The number of ether oxygens (including phenoxy) is 1. The number of H-pyrrole nitrogens is 1. The molecule has 1 aromatic heterocycles. The van der Waals surface area contributed by atoms with Crippen LogP contribution in [0.4, 0.5) is 5.95 Å². The van der Waals surface area contributed by atoms with E-state index in [0.29, 0.717) is 11.9 Å². The minimum absolute atomic E-state index is 0.0184. The fraction of sp³-hybridized carbons (Fsp3) is 0.222. The van der Waals surface area contributed by atoms with E-state index in [1.54, 1.807) is 7.11 Å². The monoisotopic (exact) mass is 307 g/mol. The zero-order valence-electron chi connectivity index (χ0n) is 12.7. The zero-order valence-corrected chi connectivity index (χ0v) is 12.7. The third-order valence-electron chi connectivity index (χ3n) is 4.29. The van der Waals surface area contributed by atoms with Gasteiger partial charge in [0.25, 0.3) is 0 Å². The second kappa shape index (κ2) is 5.43. The minimum Gasteiger partial charge on any atom is -0.497 e. The van der Waals surface area contributed by atoms with Gasteiger partial charge in [0, 0.05) is 12.0 Å². The Morgan fingerprint density at radius 2 is 2.09 bits per heavy atom. The van der Waals surface area contributed by atoms with Gasteiger partial charge in [-0.05, 0) is 30.0 Å². The molecule has 1 amide bonds. The molecule has 3 aromatic rings. The fourth-order valence-corrected chi connectivity index (χ4v) is 2.93. The van der Waals surface area contributed by atoms with Crippen molar-refractivity contribution in [2.24, 2.45) is 5.92 Å². The van der Waals surface area contributed by atoms with Gasteiger partial charge in [-0.25, -0.2) is 4.98 Å². The highest BCUT2D eigenvalue weighted by molar-refractivity contribution is 5.95. The van der Waals surface area contributed by atoms with E-state index in [0.717, 1.165) is 23.2 Å². The van der Waals surface area contributed by atoms with E-state index in [2.05, 4.69) is 27.4 Å². The maximum atomic E-state index is 12.4. The van der Waals surface area contributed by atoms with Crippen LogP contribution in [0.1, 0.15) is 17.9 Å². The molecule has 23 heavy (non-hydrogen) atoms. The van der Waals surface area contributed by atoms with Crippen molar-refractivity contribution in [2.45, 2.75) is 12.3 Å². The number of aromatic nitrogens is 2. The number of nitrogens with one attached hydrogen (secondary N) is 2. The predicted molar refractivity (Wildman–Crippen MR) is 88.6 cm³/mol. The molecular weight excluding hydrogens is 290 g/mol. The van der Waals surface area contributed by atoms with Crippen LogP contribution in [0.15, 0.2) is 48.5 Å². The third-order valence-corrected chi connectivity index (χ3v) is 4.29. The van der Waals surface area contributed by atoms with Crippen LogP contribution >= 0.6 is 0 Å². The van der Waals surface area contributed by atoms with Gasteiger partial charge in [-0.3, -0.25) is 10.1 Å². The largest absolute Gasteiger partial charge is 0.497 e. The van der Waals surface area contributed by atoms with Crippen molar-refractivity contribution in [1.82, 2.24) is 9.97 Å². The predicted octanol–water partition coefficient (Wildman–Crippen LogP) is 3.31. The number of carbonyl (C=O) groups is 1. The summed E-state index contributed by atoms with van der Waals surface area (Å²) in [4.78, 5) is 19.9. The third kappa shape index (κ3) is 2.65. The molecule has 5 heteroatoms. The van der Waals surface area contributed by atoms with Gasteiger partial charge in [-0.15, -0.1) is 0 Å². The Hall–Kier alpha value is -2.82. The topological polar surface area (TPSA) is 67.0 Å². The molecule has 1 aliphatic rings. The molecule has 1 saturated carbocycles. The lowest BCUT2D eigenvalue weighted by atomic mass is 10.1. The van der Waals surface area contributed by atoms with E-state index in [4.69, 9.17) is 4.74 Å². The van der Waals surface area contributed by atoms with Gasteiger partial charge in [-0.2, -0.15) is 0 Å². The van der Waals surface area contributed by atoms with Crippen molar-refractivity contribution < 1.29 is 9.53 Å². The number of methoxy groups -OCH3 is 1. The lowest BCUT2D eigenvalue weighted by molar-refractivity contribution is -0.117. The molecular formula is C18H17N3O2. The van der Waals surface area contributed by atoms with Gasteiger partial charge in [0.1, 0.15) is 5.75 Å². The molecule has 0 aliphatic heterocycles. The summed E-state index contributed by atoms with van der Waals surface area (Å²) in [7, 11) is 1.62. The van der Waals surface area contributed by atoms with E-state index in [1.165, 1.54) is 5.56 Å². The van der Waals surface area contributed by atoms with Crippen molar-refractivity contribution >= 4 is 22.9 Å². The second-order valence-electron chi connectivity index (χ2n) is 5.82. The van der Waals surface area contributed by atoms with Crippen LogP contribution in [-0.2, 0) is 4.79 Å². The molecule has 1 fully saturated rings. The Bertz CT molecular complexity index is 857. The van der Waals surface area contributed by atoms with E-state index >= 15 is 0 Å². The molecule has 1 heterocycles. The standard InChI is InChI=1S/C18H17N3O2/c1-23-12-7-8-15-16(9-12)20-18(19-15)21-17(22)14-10-13(14)11-5-3-2-4-6-11/h2-9,13-14H,10H2,1H3,(H2,19,20,21,22). The molecule has 2 aromatic carbocycles. The van der Waals surface area contributed by atoms with E-state index in [-0.39, 0.29) is 11.8 Å². The summed E-state index contributed by atoms with van der Waals surface area (Å²) in [6.07, 6.45) is 0.893. The molecule has 0 radical (unpaired) electrons. The van der Waals surface area contributed by atoms with Crippen LogP contribution in [0, 0.1) is 5.92 Å². The summed E-state index contributed by atoms with van der Waals surface area (Å²) in [5, 5.41) is 2.88. The molecule has 2 atom stereocenters. The quantitative estimate of drug-likeness (QED) is 0.777. The van der Waals surface area contributed by atoms with Gasteiger partial charge in [-0.1, -0.05) is 30.3 Å². The number of amides is 1. The SMILES string of the molecule is COc1ccc2[nH]c(NC(=O)C3CC3c3ccccc3)nc2c1. The fourth-order valence-electron chi connectivity index (χ4n) is 2.93. The summed E-state index contributed by atoms with van der Waals surface area (Å²) in [6.45, 7) is 0. The van der Waals surface area contributed by atoms with Crippen molar-refractivity contribution in [2.75, 3.05) is 12.4 Å². The molecule has 0 saturated heterocycles. The number of benzene rings is 2. The highest BCUT2D eigenvalue weighted by Crippen LogP contribution is 2.47. The van der Waals surface area contributed by atoms with Crippen LogP contribution in [0.3, 0.4) is 0 Å². The number of anilines is 1. The highest BCUT2D eigenvalue weighted by Gasteiger charge is 2.44. The highest BCUT2D eigenvalue weighted by atomic mass is 16.5. The smallest absolute Gasteiger partial charge is 0.230 e. The van der Waals surface area contributed by atoms with Crippen LogP contribution < -0.4 is 10.1 Å². The Balaban J connectivity index is 1.47. The first-order valence-corrected chi connectivity index (χ1v) is 7.64. The molecule has 2 unspecified atom stereocenters. The summed E-state index contributed by atoms with van der Waals surface area (Å²) < 4.78 is 5.18. The average molecular weight is 307 g/mol. The Morgan fingerprint density at radius 1 is 1.26 bits per heavy atom. The lowest BCUT2D eigenvalue weighted by Gasteiger charge is -2.01. The number of carbonyl (C=O) groups excluding carboxylic acids is 1. The van der Waals surface area contributed by atoms with E-state index in [1.807, 2.05) is 36.4 Å². The first-order valence-electron chi connectivity index (χ1n) is 7.64. The molecule has 1 aliphatic carbocycles. The number of rotatable bonds is 4. The van der Waals surface area contributed by atoms with Gasteiger partial charge >= 0.3 is 0 Å². The molecule has 116 valence electrons. The lowest BCUT2D eigenvalue weighted by Crippen LogP contribution is -2.15. The van der Waals surface area contributed by atoms with Crippen molar-refractivity contribution in [1.29, 1.82) is 0 Å². The molecule has 0 spiro atoms. The number of fused-ring (bicyclic) bond motifs is 1. The summed E-state index contributed by atoms with van der Waals surface area (Å²) in [6, 6.07) is 15.7. The Morgan fingerprint density at radius 3 is 2.87 bits per heavy atom. The van der Waals surface area contributed by atoms with Crippen LogP contribution in [-0.4, -0.2) is 23.0 Å². The van der Waals surface area contributed by atoms with Gasteiger partial charge in [0.05, 0.1) is 18.1 Å². The number of aromatic amines is 1. The molecule has 0 bridgehead atoms. The van der Waals surface area contributed by atoms with Gasteiger partial charge in [0.2, 0.25) is 11.9 Å². The zero-order chi connectivity index (χ0) is 15.8. The summed E-state index contributed by atoms with van der Waals surface area (Å²) in [5.74, 6) is 1.59. The maximum absolute atomic E-state index is 12.4. The number of hydrogen-bond donors (Lipinski definition) is 2. The van der Waals surface area contributed by atoms with Crippen LogP contribution in [0.2, 0.25) is 0 Å². The normalized spacial score (nSPS) is 19.5. The molecule has 5 nitrogen and oxygen atoms in total. The number of nitrogens with zero attached hydrogens (tertiary/aromatic N) is 1. The van der Waals surface area contributed by atoms with E-state index < -0.39 is 0 Å². The second-order valence-corrected chi connectivity index (χ2v) is 5.82. The summed E-state index contributed by atoms with van der Waals surface area (Å²) >= 11 is 0. The van der Waals surface area contributed by atoms with Crippen molar-refractivity contribution in [3.8, 4) is 5.75 Å². The molecule has 2 N–H and O–H groups in total.